The van der Waals surface area contributed by atoms with Gasteiger partial charge >= 0.3 is 5.97 Å². The smallest absolute Gasteiger partial charge is 0.304 e. The van der Waals surface area contributed by atoms with Gasteiger partial charge in [0.2, 0.25) is 18.7 Å². The van der Waals surface area contributed by atoms with Crippen LogP contribution in [0, 0.1) is 11.8 Å². The van der Waals surface area contributed by atoms with Crippen molar-refractivity contribution < 1.29 is 28.6 Å². The van der Waals surface area contributed by atoms with Crippen LogP contribution in [0.25, 0.3) is 22.4 Å². The largest absolute Gasteiger partial charge is 0.481 e. The van der Waals surface area contributed by atoms with E-state index in [9.17, 15) is 23.9 Å². The lowest BCUT2D eigenvalue weighted by Crippen LogP contribution is -2.39. The summed E-state index contributed by atoms with van der Waals surface area (Å²) in [6, 6.07) is 7.15. The van der Waals surface area contributed by atoms with E-state index in [1.54, 1.807) is 35.2 Å². The third-order valence-electron chi connectivity index (χ3n) is 8.49. The predicted molar refractivity (Wildman–Crippen MR) is 157 cm³/mol. The molecule has 0 spiro atoms. The number of benzene rings is 1. The molecule has 220 valence electrons. The average molecular weight is 593 g/mol. The predicted octanol–water partition coefficient (Wildman–Crippen LogP) is 5.86. The maximum absolute atomic E-state index is 13.9. The van der Waals surface area contributed by atoms with Crippen LogP contribution in [0.3, 0.4) is 0 Å². The van der Waals surface area contributed by atoms with Crippen molar-refractivity contribution >= 4 is 40.1 Å². The average Bonchev–Trinajstić information content (AvgIpc) is 3.32. The summed E-state index contributed by atoms with van der Waals surface area (Å²) >= 11 is 1.34. The number of carboxylic acids is 1. The molecule has 2 saturated carbocycles. The minimum absolute atomic E-state index is 0.00693. The zero-order valence-electron chi connectivity index (χ0n) is 23.4. The van der Waals surface area contributed by atoms with E-state index < -0.39 is 18.7 Å². The Kier molecular flexibility index (Phi) is 7.94. The number of rotatable bonds is 11. The van der Waals surface area contributed by atoms with Gasteiger partial charge in [-0.2, -0.15) is 0 Å². The summed E-state index contributed by atoms with van der Waals surface area (Å²) in [6.07, 6.45) is 8.40. The number of hydrogen-bond donors (Lipinski definition) is 1. The van der Waals surface area contributed by atoms with Crippen molar-refractivity contribution in [3.8, 4) is 28.1 Å². The van der Waals surface area contributed by atoms with Crippen LogP contribution >= 0.6 is 11.3 Å². The lowest BCUT2D eigenvalue weighted by Gasteiger charge is -2.26. The molecule has 6 rings (SSSR count). The SMILES string of the molecule is CN1C(=O)Cc2cc(-c3ccc(OCF)cc3-c3csc(N(C(=O)C(CC(=O)O)CC4CCCC4)C4CC4)n3)cnc21. The molecular formula is C31H33FN4O5S. The van der Waals surface area contributed by atoms with E-state index in [4.69, 9.17) is 9.72 Å². The van der Waals surface area contributed by atoms with Crippen LogP contribution in [0.2, 0.25) is 0 Å². The molecule has 2 fully saturated rings. The second-order valence-corrected chi connectivity index (χ2v) is 12.3. The fraction of sp³-hybridized carbons (Fsp3) is 0.452. The molecule has 9 nitrogen and oxygen atoms in total. The summed E-state index contributed by atoms with van der Waals surface area (Å²) in [5.41, 5.74) is 3.66. The number of anilines is 2. The van der Waals surface area contributed by atoms with Crippen LogP contribution in [0.5, 0.6) is 5.75 Å². The number of fused-ring (bicyclic) bond motifs is 1. The van der Waals surface area contributed by atoms with Crippen molar-refractivity contribution in [2.24, 2.45) is 11.8 Å². The van der Waals surface area contributed by atoms with E-state index >= 15 is 0 Å². The van der Waals surface area contributed by atoms with E-state index in [1.807, 2.05) is 17.5 Å². The molecule has 0 saturated heterocycles. The zero-order chi connectivity index (χ0) is 29.4. The normalized spacial score (nSPS) is 17.4. The Morgan fingerprint density at radius 3 is 2.69 bits per heavy atom. The van der Waals surface area contributed by atoms with Crippen molar-refractivity contribution in [3.05, 3.63) is 41.4 Å². The van der Waals surface area contributed by atoms with Crippen LogP contribution in [0.15, 0.2) is 35.8 Å². The summed E-state index contributed by atoms with van der Waals surface area (Å²) in [7, 11) is 1.70. The number of carbonyl (C=O) groups is 3. The van der Waals surface area contributed by atoms with E-state index in [-0.39, 0.29) is 30.7 Å². The molecule has 1 aromatic carbocycles. The second kappa shape index (κ2) is 11.8. The number of amides is 2. The van der Waals surface area contributed by atoms with E-state index in [0.717, 1.165) is 55.2 Å². The first-order valence-electron chi connectivity index (χ1n) is 14.4. The number of likely N-dealkylation sites (N-methyl/N-ethyl adjacent to an activating group) is 1. The van der Waals surface area contributed by atoms with E-state index in [2.05, 4.69) is 4.98 Å². The summed E-state index contributed by atoms with van der Waals surface area (Å²) in [5.74, 6) is -0.402. The molecule has 2 aliphatic carbocycles. The molecule has 1 unspecified atom stereocenters. The second-order valence-electron chi connectivity index (χ2n) is 11.4. The van der Waals surface area contributed by atoms with Crippen LogP contribution < -0.4 is 14.5 Å². The Hall–Kier alpha value is -3.86. The van der Waals surface area contributed by atoms with Gasteiger partial charge < -0.3 is 9.84 Å². The number of pyridine rings is 1. The molecule has 11 heteroatoms. The maximum Gasteiger partial charge on any atom is 0.304 e. The number of carbonyl (C=O) groups excluding carboxylic acids is 2. The molecule has 42 heavy (non-hydrogen) atoms. The lowest BCUT2D eigenvalue weighted by molar-refractivity contribution is -0.141. The third-order valence-corrected chi connectivity index (χ3v) is 9.33. The summed E-state index contributed by atoms with van der Waals surface area (Å²) < 4.78 is 18.3. The minimum Gasteiger partial charge on any atom is -0.481 e. The first-order chi connectivity index (χ1) is 20.3. The Morgan fingerprint density at radius 2 is 1.98 bits per heavy atom. The monoisotopic (exact) mass is 592 g/mol. The van der Waals surface area contributed by atoms with Crippen molar-refractivity contribution in [3.63, 3.8) is 0 Å². The fourth-order valence-electron chi connectivity index (χ4n) is 6.21. The van der Waals surface area contributed by atoms with Crippen molar-refractivity contribution in [2.45, 2.75) is 63.8 Å². The third kappa shape index (κ3) is 5.74. The van der Waals surface area contributed by atoms with Gasteiger partial charge in [0, 0.05) is 47.3 Å². The number of aromatic nitrogens is 2. The van der Waals surface area contributed by atoms with Crippen molar-refractivity contribution in [1.29, 1.82) is 0 Å². The van der Waals surface area contributed by atoms with Gasteiger partial charge in [-0.3, -0.25) is 24.2 Å². The van der Waals surface area contributed by atoms with E-state index in [1.165, 1.54) is 11.3 Å². The number of nitrogens with zero attached hydrogens (tertiary/aromatic N) is 4. The maximum atomic E-state index is 13.9. The molecule has 0 radical (unpaired) electrons. The highest BCUT2D eigenvalue weighted by Crippen LogP contribution is 2.42. The highest BCUT2D eigenvalue weighted by atomic mass is 32.1. The molecule has 3 aliphatic rings. The molecule has 3 heterocycles. The fourth-order valence-corrected chi connectivity index (χ4v) is 7.11. The van der Waals surface area contributed by atoms with Gasteiger partial charge in [-0.05, 0) is 55.0 Å². The number of aliphatic carboxylic acids is 1. The zero-order valence-corrected chi connectivity index (χ0v) is 24.2. The van der Waals surface area contributed by atoms with Gasteiger partial charge in [0.15, 0.2) is 5.13 Å². The molecule has 1 aliphatic heterocycles. The summed E-state index contributed by atoms with van der Waals surface area (Å²) in [6.45, 7) is -0.980. The van der Waals surface area contributed by atoms with Gasteiger partial charge in [-0.15, -0.1) is 11.3 Å². The quantitative estimate of drug-likeness (QED) is 0.297. The number of ether oxygens (including phenoxy) is 1. The molecule has 1 N–H and O–H groups in total. The van der Waals surface area contributed by atoms with Gasteiger partial charge in [0.25, 0.3) is 0 Å². The number of halogens is 1. The highest BCUT2D eigenvalue weighted by molar-refractivity contribution is 7.14. The molecule has 3 aromatic rings. The standard InChI is InChI=1S/C31H33FN4O5S/c1-35-27(37)12-19-11-21(15-33-29(19)35)24-9-8-23(41-17-32)14-25(24)26-16-42-31(34-26)36(22-6-7-22)30(40)20(13-28(38)39)10-18-4-2-3-5-18/h8-9,11,14-16,18,20,22H,2-7,10,12-13,17H2,1H3,(H,38,39). The van der Waals surface area contributed by atoms with Gasteiger partial charge in [-0.1, -0.05) is 25.7 Å². The molecule has 2 aromatic heterocycles. The molecule has 1 atom stereocenters. The van der Waals surface area contributed by atoms with Gasteiger partial charge in [0.05, 0.1) is 18.5 Å². The number of thiazole rings is 1. The Bertz CT molecular complexity index is 1520. The van der Waals surface area contributed by atoms with Gasteiger partial charge in [-0.25, -0.2) is 14.4 Å². The number of hydrogen-bond acceptors (Lipinski definition) is 7. The first kappa shape index (κ1) is 28.3. The molecular weight excluding hydrogens is 559 g/mol. The Balaban J connectivity index is 1.34. The van der Waals surface area contributed by atoms with Crippen molar-refractivity contribution in [2.75, 3.05) is 23.7 Å². The Morgan fingerprint density at radius 1 is 1.19 bits per heavy atom. The van der Waals surface area contributed by atoms with Gasteiger partial charge in [0.1, 0.15) is 11.6 Å². The van der Waals surface area contributed by atoms with Crippen LogP contribution in [0.4, 0.5) is 15.3 Å². The molecule has 0 bridgehead atoms. The first-order valence-corrected chi connectivity index (χ1v) is 15.3. The highest BCUT2D eigenvalue weighted by Gasteiger charge is 2.40. The van der Waals surface area contributed by atoms with Crippen LogP contribution in [-0.2, 0) is 20.8 Å². The molecule has 2 amide bonds. The number of alkyl halides is 1. The Labute approximate surface area is 247 Å². The van der Waals surface area contributed by atoms with Crippen LogP contribution in [-0.4, -0.2) is 52.8 Å². The summed E-state index contributed by atoms with van der Waals surface area (Å²) in [5, 5.41) is 12.0. The van der Waals surface area contributed by atoms with Crippen molar-refractivity contribution in [1.82, 2.24) is 9.97 Å². The topological polar surface area (TPSA) is 113 Å². The number of carboxylic acid groups (broad SMARTS) is 1. The van der Waals surface area contributed by atoms with Crippen LogP contribution in [0.1, 0.15) is 56.9 Å². The minimum atomic E-state index is -0.980. The lowest BCUT2D eigenvalue weighted by atomic mass is 9.90. The van der Waals surface area contributed by atoms with E-state index in [0.29, 0.717) is 40.3 Å². The summed E-state index contributed by atoms with van der Waals surface area (Å²) in [4.78, 5) is 50.6.